The molecule has 1 saturated carbocycles. The Morgan fingerprint density at radius 2 is 1.72 bits per heavy atom. The molecule has 92 valence electrons. The Morgan fingerprint density at radius 3 is 2.22 bits per heavy atom. The molecule has 1 aromatic carbocycles. The van der Waals surface area contributed by atoms with Crippen LogP contribution in [0.15, 0.2) is 42.6 Å². The normalized spacial score (nSPS) is 16.6. The zero-order valence-electron chi connectivity index (χ0n) is 10.1. The van der Waals surface area contributed by atoms with E-state index in [2.05, 4.69) is 11.1 Å². The maximum atomic E-state index is 9.01. The monoisotopic (exact) mass is 240 g/mol. The fourth-order valence-electron chi connectivity index (χ4n) is 2.05. The van der Waals surface area contributed by atoms with Crippen LogP contribution in [0.2, 0.25) is 0 Å². The first-order valence-corrected chi connectivity index (χ1v) is 6.17. The van der Waals surface area contributed by atoms with E-state index < -0.39 is 0 Å². The molecule has 0 saturated heterocycles. The van der Waals surface area contributed by atoms with Crippen molar-refractivity contribution >= 4 is 0 Å². The maximum Gasteiger partial charge on any atom is 0.0681 e. The van der Waals surface area contributed by atoms with E-state index in [1.807, 2.05) is 36.5 Å². The Kier molecular flexibility index (Phi) is 2.65. The van der Waals surface area contributed by atoms with Gasteiger partial charge in [0.05, 0.1) is 17.8 Å². The second-order valence-electron chi connectivity index (χ2n) is 4.94. The SMILES string of the molecule is NC1(c2ccc(-c3ccc(CO)cc3)cn2)CC1. The molecule has 0 spiro atoms. The van der Waals surface area contributed by atoms with Crippen LogP contribution in [-0.2, 0) is 12.1 Å². The summed E-state index contributed by atoms with van der Waals surface area (Å²) in [7, 11) is 0. The molecule has 1 aromatic heterocycles. The highest BCUT2D eigenvalue weighted by atomic mass is 16.3. The van der Waals surface area contributed by atoms with Crippen LogP contribution >= 0.6 is 0 Å². The van der Waals surface area contributed by atoms with Crippen molar-refractivity contribution in [2.75, 3.05) is 0 Å². The summed E-state index contributed by atoms with van der Waals surface area (Å²) >= 11 is 0. The zero-order valence-corrected chi connectivity index (χ0v) is 10.1. The number of rotatable bonds is 3. The minimum absolute atomic E-state index is 0.0765. The van der Waals surface area contributed by atoms with Gasteiger partial charge < -0.3 is 10.8 Å². The van der Waals surface area contributed by atoms with Crippen molar-refractivity contribution in [2.24, 2.45) is 5.73 Å². The molecule has 1 fully saturated rings. The van der Waals surface area contributed by atoms with Crippen LogP contribution in [-0.4, -0.2) is 10.1 Å². The largest absolute Gasteiger partial charge is 0.392 e. The van der Waals surface area contributed by atoms with Crippen molar-refractivity contribution in [3.63, 3.8) is 0 Å². The highest BCUT2D eigenvalue weighted by Crippen LogP contribution is 2.41. The van der Waals surface area contributed by atoms with Crippen LogP contribution in [0, 0.1) is 0 Å². The van der Waals surface area contributed by atoms with Crippen LogP contribution in [0.4, 0.5) is 0 Å². The van der Waals surface area contributed by atoms with Crippen LogP contribution in [0.5, 0.6) is 0 Å². The van der Waals surface area contributed by atoms with Gasteiger partial charge in [-0.05, 0) is 30.0 Å². The third-order valence-electron chi connectivity index (χ3n) is 3.53. The molecule has 3 rings (SSSR count). The van der Waals surface area contributed by atoms with Gasteiger partial charge in [-0.25, -0.2) is 0 Å². The second kappa shape index (κ2) is 4.19. The number of hydrogen-bond acceptors (Lipinski definition) is 3. The van der Waals surface area contributed by atoms with Crippen molar-refractivity contribution in [3.05, 3.63) is 53.9 Å². The van der Waals surface area contributed by atoms with Gasteiger partial charge in [0.15, 0.2) is 0 Å². The van der Waals surface area contributed by atoms with E-state index in [0.717, 1.165) is 35.2 Å². The zero-order chi connectivity index (χ0) is 12.6. The standard InChI is InChI=1S/C15H16N2O/c16-15(7-8-15)14-6-5-13(9-17-14)12-3-1-11(10-18)2-4-12/h1-6,9,18H,7-8,10,16H2. The number of benzene rings is 1. The van der Waals surface area contributed by atoms with Crippen LogP contribution in [0.25, 0.3) is 11.1 Å². The minimum atomic E-state index is -0.167. The lowest BCUT2D eigenvalue weighted by atomic mass is 10.0. The molecule has 1 aliphatic rings. The Hall–Kier alpha value is -1.71. The molecule has 0 aliphatic heterocycles. The Morgan fingerprint density at radius 1 is 1.06 bits per heavy atom. The Balaban J connectivity index is 1.87. The molecule has 3 N–H and O–H groups in total. The number of aromatic nitrogens is 1. The lowest BCUT2D eigenvalue weighted by Gasteiger charge is -2.09. The molecular formula is C15H16N2O. The summed E-state index contributed by atoms with van der Waals surface area (Å²) in [6.45, 7) is 0.0765. The smallest absolute Gasteiger partial charge is 0.0681 e. The van der Waals surface area contributed by atoms with Crippen molar-refractivity contribution in [1.29, 1.82) is 0 Å². The average Bonchev–Trinajstić information content (AvgIpc) is 3.18. The first-order valence-electron chi connectivity index (χ1n) is 6.17. The molecule has 1 heterocycles. The summed E-state index contributed by atoms with van der Waals surface area (Å²) in [6, 6.07) is 11.9. The van der Waals surface area contributed by atoms with Crippen molar-refractivity contribution < 1.29 is 5.11 Å². The summed E-state index contributed by atoms with van der Waals surface area (Å²) in [4.78, 5) is 4.46. The van der Waals surface area contributed by atoms with Gasteiger partial charge in [0.25, 0.3) is 0 Å². The van der Waals surface area contributed by atoms with E-state index in [1.165, 1.54) is 0 Å². The van der Waals surface area contributed by atoms with E-state index in [-0.39, 0.29) is 12.1 Å². The molecule has 3 nitrogen and oxygen atoms in total. The van der Waals surface area contributed by atoms with Crippen molar-refractivity contribution in [1.82, 2.24) is 4.98 Å². The van der Waals surface area contributed by atoms with Gasteiger partial charge in [-0.3, -0.25) is 4.98 Å². The van der Waals surface area contributed by atoms with Gasteiger partial charge in [0.2, 0.25) is 0 Å². The van der Waals surface area contributed by atoms with Crippen molar-refractivity contribution in [2.45, 2.75) is 25.0 Å². The van der Waals surface area contributed by atoms with Gasteiger partial charge in [-0.1, -0.05) is 30.3 Å². The number of nitrogens with two attached hydrogens (primary N) is 1. The first-order chi connectivity index (χ1) is 8.71. The summed E-state index contributed by atoms with van der Waals surface area (Å²) in [5, 5.41) is 9.01. The Bertz CT molecular complexity index is 542. The third-order valence-corrected chi connectivity index (χ3v) is 3.53. The van der Waals surface area contributed by atoms with Gasteiger partial charge >= 0.3 is 0 Å². The second-order valence-corrected chi connectivity index (χ2v) is 4.94. The van der Waals surface area contributed by atoms with Crippen molar-refractivity contribution in [3.8, 4) is 11.1 Å². The molecular weight excluding hydrogens is 224 g/mol. The predicted molar refractivity (Wildman–Crippen MR) is 70.7 cm³/mol. The lowest BCUT2D eigenvalue weighted by Crippen LogP contribution is -2.19. The fourth-order valence-corrected chi connectivity index (χ4v) is 2.05. The highest BCUT2D eigenvalue weighted by molar-refractivity contribution is 5.62. The molecule has 0 bridgehead atoms. The third kappa shape index (κ3) is 2.03. The summed E-state index contributed by atoms with van der Waals surface area (Å²) in [6.07, 6.45) is 3.94. The Labute approximate surface area is 106 Å². The summed E-state index contributed by atoms with van der Waals surface area (Å²) < 4.78 is 0. The number of nitrogens with zero attached hydrogens (tertiary/aromatic N) is 1. The van der Waals surface area contributed by atoms with E-state index in [1.54, 1.807) is 0 Å². The van der Waals surface area contributed by atoms with E-state index >= 15 is 0 Å². The van der Waals surface area contributed by atoms with Gasteiger partial charge in [-0.2, -0.15) is 0 Å². The molecule has 0 radical (unpaired) electrons. The molecule has 2 aromatic rings. The number of aliphatic hydroxyl groups is 1. The van der Waals surface area contributed by atoms with E-state index in [0.29, 0.717) is 0 Å². The molecule has 3 heteroatoms. The summed E-state index contributed by atoms with van der Waals surface area (Å²) in [5.74, 6) is 0. The minimum Gasteiger partial charge on any atom is -0.392 e. The quantitative estimate of drug-likeness (QED) is 0.864. The molecule has 0 atom stereocenters. The topological polar surface area (TPSA) is 59.1 Å². The number of hydrogen-bond donors (Lipinski definition) is 2. The number of aliphatic hydroxyl groups excluding tert-OH is 1. The molecule has 18 heavy (non-hydrogen) atoms. The molecule has 0 amide bonds. The highest BCUT2D eigenvalue weighted by Gasteiger charge is 2.41. The van der Waals surface area contributed by atoms with E-state index in [9.17, 15) is 0 Å². The van der Waals surface area contributed by atoms with Crippen LogP contribution < -0.4 is 5.73 Å². The van der Waals surface area contributed by atoms with Gasteiger partial charge in [0.1, 0.15) is 0 Å². The predicted octanol–water partition coefficient (Wildman–Crippen LogP) is 2.19. The van der Waals surface area contributed by atoms with E-state index in [4.69, 9.17) is 10.8 Å². The first kappa shape index (κ1) is 11.4. The van der Waals surface area contributed by atoms with Crippen LogP contribution in [0.3, 0.4) is 0 Å². The fraction of sp³-hybridized carbons (Fsp3) is 0.267. The van der Waals surface area contributed by atoms with Crippen LogP contribution in [0.1, 0.15) is 24.1 Å². The van der Waals surface area contributed by atoms with Gasteiger partial charge in [0, 0.05) is 11.8 Å². The van der Waals surface area contributed by atoms with Gasteiger partial charge in [-0.15, -0.1) is 0 Å². The molecule has 1 aliphatic carbocycles. The lowest BCUT2D eigenvalue weighted by molar-refractivity contribution is 0.282. The maximum absolute atomic E-state index is 9.01. The number of pyridine rings is 1. The summed E-state index contributed by atoms with van der Waals surface area (Å²) in [5.41, 5.74) is 10.0. The average molecular weight is 240 g/mol. The molecule has 0 unspecified atom stereocenters.